The fraction of sp³-hybridized carbons (Fsp3) is 0.538. The van der Waals surface area contributed by atoms with Crippen LogP contribution < -0.4 is 4.72 Å². The zero-order valence-electron chi connectivity index (χ0n) is 10.8. The molecule has 1 aromatic carbocycles. The number of sulfonamides is 1. The number of hydrogen-bond acceptors (Lipinski definition) is 2. The third-order valence-corrected chi connectivity index (χ3v) is 4.27. The van der Waals surface area contributed by atoms with Crippen LogP contribution in [0.1, 0.15) is 31.4 Å². The smallest absolute Gasteiger partial charge is 0.211 e. The van der Waals surface area contributed by atoms with E-state index in [4.69, 9.17) is 11.6 Å². The third kappa shape index (κ3) is 5.85. The summed E-state index contributed by atoms with van der Waals surface area (Å²) in [5, 5.41) is 0. The van der Waals surface area contributed by atoms with Gasteiger partial charge in [-0.05, 0) is 23.5 Å². The Labute approximate surface area is 115 Å². The van der Waals surface area contributed by atoms with Crippen LogP contribution in [0, 0.1) is 5.92 Å². The molecule has 0 aromatic heterocycles. The first-order chi connectivity index (χ1) is 8.43. The van der Waals surface area contributed by atoms with Gasteiger partial charge in [0.1, 0.15) is 0 Å². The summed E-state index contributed by atoms with van der Waals surface area (Å²) in [7, 11) is -3.18. The first-order valence-electron chi connectivity index (χ1n) is 6.04. The maximum absolute atomic E-state index is 11.7. The maximum Gasteiger partial charge on any atom is 0.211 e. The van der Waals surface area contributed by atoms with Crippen molar-refractivity contribution in [3.63, 3.8) is 0 Å². The van der Waals surface area contributed by atoms with Gasteiger partial charge in [0.15, 0.2) is 0 Å². The SMILES string of the molecule is CC(C)CCS(=O)(=O)NCc1cccc(CCl)c1. The second-order valence-electron chi connectivity index (χ2n) is 4.78. The Kier molecular flexibility index (Phi) is 6.12. The number of alkyl halides is 1. The zero-order chi connectivity index (χ0) is 13.6. The van der Waals surface area contributed by atoms with Crippen LogP contribution in [0.25, 0.3) is 0 Å². The molecule has 3 nitrogen and oxygen atoms in total. The van der Waals surface area contributed by atoms with E-state index in [-0.39, 0.29) is 5.75 Å². The van der Waals surface area contributed by atoms with E-state index in [0.717, 1.165) is 11.1 Å². The van der Waals surface area contributed by atoms with Crippen molar-refractivity contribution >= 4 is 21.6 Å². The summed E-state index contributed by atoms with van der Waals surface area (Å²) < 4.78 is 26.1. The van der Waals surface area contributed by atoms with Crippen LogP contribution in [-0.4, -0.2) is 14.2 Å². The second-order valence-corrected chi connectivity index (χ2v) is 6.97. The quantitative estimate of drug-likeness (QED) is 0.785. The topological polar surface area (TPSA) is 46.2 Å². The molecule has 0 aliphatic carbocycles. The molecule has 0 amide bonds. The molecule has 18 heavy (non-hydrogen) atoms. The molecule has 1 rings (SSSR count). The van der Waals surface area contributed by atoms with Crippen molar-refractivity contribution in [3.8, 4) is 0 Å². The minimum absolute atomic E-state index is 0.180. The van der Waals surface area contributed by atoms with Crippen LogP contribution in [0.15, 0.2) is 24.3 Å². The van der Waals surface area contributed by atoms with E-state index in [9.17, 15) is 8.42 Å². The van der Waals surface area contributed by atoms with Gasteiger partial charge in [-0.2, -0.15) is 0 Å². The van der Waals surface area contributed by atoms with Crippen molar-refractivity contribution in [2.24, 2.45) is 5.92 Å². The van der Waals surface area contributed by atoms with Crippen molar-refractivity contribution in [3.05, 3.63) is 35.4 Å². The Balaban J connectivity index is 2.53. The summed E-state index contributed by atoms with van der Waals surface area (Å²) in [6.45, 7) is 4.35. The monoisotopic (exact) mass is 289 g/mol. The summed E-state index contributed by atoms with van der Waals surface area (Å²) in [4.78, 5) is 0. The fourth-order valence-corrected chi connectivity index (χ4v) is 2.96. The Morgan fingerprint density at radius 2 is 1.94 bits per heavy atom. The summed E-state index contributed by atoms with van der Waals surface area (Å²) >= 11 is 5.73. The highest BCUT2D eigenvalue weighted by molar-refractivity contribution is 7.89. The van der Waals surface area contributed by atoms with E-state index < -0.39 is 10.0 Å². The highest BCUT2D eigenvalue weighted by Crippen LogP contribution is 2.08. The number of hydrogen-bond donors (Lipinski definition) is 1. The molecular weight excluding hydrogens is 270 g/mol. The average molecular weight is 290 g/mol. The molecule has 0 aliphatic heterocycles. The average Bonchev–Trinajstić information content (AvgIpc) is 2.35. The van der Waals surface area contributed by atoms with Gasteiger partial charge >= 0.3 is 0 Å². The van der Waals surface area contributed by atoms with Gasteiger partial charge in [-0.1, -0.05) is 38.1 Å². The molecule has 0 saturated heterocycles. The Morgan fingerprint density at radius 1 is 1.28 bits per heavy atom. The lowest BCUT2D eigenvalue weighted by Gasteiger charge is -2.09. The Hall–Kier alpha value is -0.580. The van der Waals surface area contributed by atoms with Gasteiger partial charge in [0.2, 0.25) is 10.0 Å². The molecule has 1 aromatic rings. The normalized spacial score (nSPS) is 12.0. The molecule has 0 radical (unpaired) electrons. The van der Waals surface area contributed by atoms with Gasteiger partial charge in [0.05, 0.1) is 5.75 Å². The van der Waals surface area contributed by atoms with Gasteiger partial charge < -0.3 is 0 Å². The number of rotatable bonds is 7. The van der Waals surface area contributed by atoms with Crippen LogP contribution in [0.5, 0.6) is 0 Å². The first kappa shape index (κ1) is 15.5. The van der Waals surface area contributed by atoms with Gasteiger partial charge in [-0.25, -0.2) is 13.1 Å². The lowest BCUT2D eigenvalue weighted by Crippen LogP contribution is -2.26. The fourth-order valence-electron chi connectivity index (χ4n) is 1.48. The lowest BCUT2D eigenvalue weighted by atomic mass is 10.1. The maximum atomic E-state index is 11.7. The van der Waals surface area contributed by atoms with E-state index >= 15 is 0 Å². The standard InChI is InChI=1S/C13H20ClNO2S/c1-11(2)6-7-18(16,17)15-10-13-5-3-4-12(8-13)9-14/h3-5,8,11,15H,6-7,9-10H2,1-2H3. The summed E-state index contributed by atoms with van der Waals surface area (Å²) in [5.74, 6) is 1.01. The number of halogens is 1. The molecule has 1 N–H and O–H groups in total. The van der Waals surface area contributed by atoms with Crippen LogP contribution >= 0.6 is 11.6 Å². The van der Waals surface area contributed by atoms with E-state index in [1.165, 1.54) is 0 Å². The van der Waals surface area contributed by atoms with Gasteiger partial charge in [0, 0.05) is 12.4 Å². The van der Waals surface area contributed by atoms with Crippen LogP contribution in [0.4, 0.5) is 0 Å². The lowest BCUT2D eigenvalue weighted by molar-refractivity contribution is 0.561. The predicted molar refractivity (Wildman–Crippen MR) is 76.1 cm³/mol. The molecule has 0 fully saturated rings. The van der Waals surface area contributed by atoms with Crippen molar-refractivity contribution < 1.29 is 8.42 Å². The number of nitrogens with one attached hydrogen (secondary N) is 1. The van der Waals surface area contributed by atoms with E-state index in [1.54, 1.807) is 0 Å². The van der Waals surface area contributed by atoms with Crippen LogP contribution in [0.3, 0.4) is 0 Å². The van der Waals surface area contributed by atoms with E-state index in [1.807, 2.05) is 38.1 Å². The Bertz CT molecular complexity index is 472. The molecule has 0 atom stereocenters. The summed E-state index contributed by atoms with van der Waals surface area (Å²) in [6, 6.07) is 7.61. The molecule has 0 spiro atoms. The van der Waals surface area contributed by atoms with Crippen molar-refractivity contribution in [1.29, 1.82) is 0 Å². The summed E-state index contributed by atoms with van der Waals surface area (Å²) in [6.07, 6.45) is 0.678. The molecule has 0 heterocycles. The van der Waals surface area contributed by atoms with Gasteiger partial charge in [-0.3, -0.25) is 0 Å². The van der Waals surface area contributed by atoms with Crippen molar-refractivity contribution in [2.75, 3.05) is 5.75 Å². The van der Waals surface area contributed by atoms with Crippen LogP contribution in [0.2, 0.25) is 0 Å². The van der Waals surface area contributed by atoms with Crippen molar-refractivity contribution in [2.45, 2.75) is 32.7 Å². The first-order valence-corrected chi connectivity index (χ1v) is 8.23. The largest absolute Gasteiger partial charge is 0.212 e. The molecule has 0 unspecified atom stereocenters. The molecule has 5 heteroatoms. The number of benzene rings is 1. The zero-order valence-corrected chi connectivity index (χ0v) is 12.4. The minimum Gasteiger partial charge on any atom is -0.212 e. The van der Waals surface area contributed by atoms with Gasteiger partial charge in [0.25, 0.3) is 0 Å². The van der Waals surface area contributed by atoms with Crippen LogP contribution in [-0.2, 0) is 22.4 Å². The highest BCUT2D eigenvalue weighted by atomic mass is 35.5. The molecular formula is C13H20ClNO2S. The van der Waals surface area contributed by atoms with Gasteiger partial charge in [-0.15, -0.1) is 11.6 Å². The summed E-state index contributed by atoms with van der Waals surface area (Å²) in [5.41, 5.74) is 1.93. The minimum atomic E-state index is -3.18. The third-order valence-electron chi connectivity index (χ3n) is 2.61. The molecule has 102 valence electrons. The predicted octanol–water partition coefficient (Wildman–Crippen LogP) is 2.89. The Morgan fingerprint density at radius 3 is 2.56 bits per heavy atom. The molecule has 0 saturated carbocycles. The van der Waals surface area contributed by atoms with Crippen molar-refractivity contribution in [1.82, 2.24) is 4.72 Å². The molecule has 0 aliphatic rings. The van der Waals surface area contributed by atoms with E-state index in [0.29, 0.717) is 24.8 Å². The second kappa shape index (κ2) is 7.12. The highest BCUT2D eigenvalue weighted by Gasteiger charge is 2.10. The molecule has 0 bridgehead atoms. The van der Waals surface area contributed by atoms with E-state index in [2.05, 4.69) is 4.72 Å².